The highest BCUT2D eigenvalue weighted by Crippen LogP contribution is 2.29. The van der Waals surface area contributed by atoms with E-state index in [4.69, 9.17) is 4.74 Å². The predicted molar refractivity (Wildman–Crippen MR) is 65.0 cm³/mol. The van der Waals surface area contributed by atoms with Crippen molar-refractivity contribution in [1.29, 1.82) is 0 Å². The maximum atomic E-state index is 5.40. The molecule has 0 amide bonds. The molecule has 15 heavy (non-hydrogen) atoms. The first-order chi connectivity index (χ1) is 7.24. The van der Waals surface area contributed by atoms with Crippen LogP contribution in [0.25, 0.3) is 0 Å². The molecule has 0 N–H and O–H groups in total. The standard InChI is InChI=1S/C9H14BrN3OS/c1-6-11-9(15-12-6)13-5-8(14-2)3-7(13)4-10/h7-8H,3-5H2,1-2H3. The molecule has 1 aromatic heterocycles. The highest BCUT2D eigenvalue weighted by atomic mass is 79.9. The van der Waals surface area contributed by atoms with Gasteiger partial charge in [-0.3, -0.25) is 0 Å². The molecule has 1 fully saturated rings. The highest BCUT2D eigenvalue weighted by Gasteiger charge is 2.33. The SMILES string of the molecule is COC1CC(CBr)N(c2nc(C)ns2)C1. The van der Waals surface area contributed by atoms with Crippen molar-refractivity contribution in [3.8, 4) is 0 Å². The third-order valence-corrected chi connectivity index (χ3v) is 4.24. The summed E-state index contributed by atoms with van der Waals surface area (Å²) in [6.07, 6.45) is 1.37. The second-order valence-corrected chi connectivity index (χ2v) is 5.06. The molecule has 2 atom stereocenters. The van der Waals surface area contributed by atoms with E-state index < -0.39 is 0 Å². The molecule has 84 valence electrons. The lowest BCUT2D eigenvalue weighted by Crippen LogP contribution is -2.30. The summed E-state index contributed by atoms with van der Waals surface area (Å²) in [6.45, 7) is 2.84. The van der Waals surface area contributed by atoms with Crippen molar-refractivity contribution in [2.45, 2.75) is 25.5 Å². The first-order valence-corrected chi connectivity index (χ1v) is 6.79. The molecule has 0 aliphatic carbocycles. The average molecular weight is 292 g/mol. The molecule has 0 radical (unpaired) electrons. The number of alkyl halides is 1. The van der Waals surface area contributed by atoms with Gasteiger partial charge in [0.25, 0.3) is 0 Å². The van der Waals surface area contributed by atoms with Crippen LogP contribution in [-0.4, -0.2) is 40.5 Å². The second kappa shape index (κ2) is 4.76. The summed E-state index contributed by atoms with van der Waals surface area (Å²) in [4.78, 5) is 6.70. The molecule has 1 saturated heterocycles. The Kier molecular flexibility index (Phi) is 3.58. The van der Waals surface area contributed by atoms with Gasteiger partial charge in [-0.25, -0.2) is 4.98 Å². The maximum Gasteiger partial charge on any atom is 0.205 e. The van der Waals surface area contributed by atoms with Crippen LogP contribution in [-0.2, 0) is 4.74 Å². The van der Waals surface area contributed by atoms with Crippen LogP contribution in [0.15, 0.2) is 0 Å². The molecule has 1 aromatic rings. The van der Waals surface area contributed by atoms with Crippen LogP contribution in [0.2, 0.25) is 0 Å². The summed E-state index contributed by atoms with van der Waals surface area (Å²) in [6, 6.07) is 0.474. The lowest BCUT2D eigenvalue weighted by molar-refractivity contribution is 0.119. The van der Waals surface area contributed by atoms with Gasteiger partial charge in [0.2, 0.25) is 5.13 Å². The fourth-order valence-electron chi connectivity index (χ4n) is 1.83. The van der Waals surface area contributed by atoms with Crippen molar-refractivity contribution in [3.63, 3.8) is 0 Å². The molecule has 4 nitrogen and oxygen atoms in total. The van der Waals surface area contributed by atoms with Crippen LogP contribution in [0.3, 0.4) is 0 Å². The van der Waals surface area contributed by atoms with E-state index in [0.29, 0.717) is 12.1 Å². The quantitative estimate of drug-likeness (QED) is 0.797. The van der Waals surface area contributed by atoms with E-state index >= 15 is 0 Å². The summed E-state index contributed by atoms with van der Waals surface area (Å²) >= 11 is 5.00. The third-order valence-electron chi connectivity index (χ3n) is 2.65. The zero-order valence-corrected chi connectivity index (χ0v) is 11.2. The summed E-state index contributed by atoms with van der Waals surface area (Å²) in [5.74, 6) is 0.851. The van der Waals surface area contributed by atoms with Gasteiger partial charge in [-0.2, -0.15) is 4.37 Å². The number of methoxy groups -OCH3 is 1. The van der Waals surface area contributed by atoms with Gasteiger partial charge in [-0.15, -0.1) is 0 Å². The number of rotatable bonds is 3. The van der Waals surface area contributed by atoms with Gasteiger partial charge in [0.15, 0.2) is 0 Å². The minimum absolute atomic E-state index is 0.316. The summed E-state index contributed by atoms with van der Waals surface area (Å²) < 4.78 is 9.61. The zero-order valence-electron chi connectivity index (χ0n) is 8.81. The van der Waals surface area contributed by atoms with Gasteiger partial charge in [0.05, 0.1) is 6.10 Å². The Hall–Kier alpha value is -0.200. The molecule has 2 rings (SSSR count). The predicted octanol–water partition coefficient (Wildman–Crippen LogP) is 1.84. The van der Waals surface area contributed by atoms with Crippen molar-refractivity contribution in [2.75, 3.05) is 23.9 Å². The number of hydrogen-bond donors (Lipinski definition) is 0. The van der Waals surface area contributed by atoms with Crippen LogP contribution < -0.4 is 4.90 Å². The molecule has 1 aliphatic rings. The van der Waals surface area contributed by atoms with E-state index in [0.717, 1.165) is 29.3 Å². The van der Waals surface area contributed by atoms with Gasteiger partial charge >= 0.3 is 0 Å². The van der Waals surface area contributed by atoms with Crippen molar-refractivity contribution >= 4 is 32.6 Å². The number of ether oxygens (including phenoxy) is 1. The Morgan fingerprint density at radius 2 is 2.47 bits per heavy atom. The lowest BCUT2D eigenvalue weighted by Gasteiger charge is -2.20. The Morgan fingerprint density at radius 3 is 3.00 bits per heavy atom. The normalized spacial score (nSPS) is 26.2. The second-order valence-electron chi connectivity index (χ2n) is 3.68. The van der Waals surface area contributed by atoms with E-state index in [9.17, 15) is 0 Å². The fourth-order valence-corrected chi connectivity index (χ4v) is 3.20. The molecule has 1 aliphatic heterocycles. The molecule has 0 aromatic carbocycles. The van der Waals surface area contributed by atoms with Gasteiger partial charge in [0, 0.05) is 36.6 Å². The molecular formula is C9H14BrN3OS. The van der Waals surface area contributed by atoms with Crippen molar-refractivity contribution in [2.24, 2.45) is 0 Å². The first kappa shape index (κ1) is 11.3. The number of anilines is 1. The average Bonchev–Trinajstić information content (AvgIpc) is 2.82. The number of aromatic nitrogens is 2. The molecule has 0 spiro atoms. The van der Waals surface area contributed by atoms with E-state index in [1.54, 1.807) is 7.11 Å². The Balaban J connectivity index is 2.14. The Morgan fingerprint density at radius 1 is 1.67 bits per heavy atom. The Labute approximate surface area is 102 Å². The fraction of sp³-hybridized carbons (Fsp3) is 0.778. The zero-order chi connectivity index (χ0) is 10.8. The maximum absolute atomic E-state index is 5.40. The molecule has 0 bridgehead atoms. The van der Waals surface area contributed by atoms with Gasteiger partial charge in [0.1, 0.15) is 5.82 Å². The largest absolute Gasteiger partial charge is 0.380 e. The lowest BCUT2D eigenvalue weighted by atomic mass is 10.2. The number of hydrogen-bond acceptors (Lipinski definition) is 5. The molecule has 0 saturated carbocycles. The van der Waals surface area contributed by atoms with E-state index in [2.05, 4.69) is 30.2 Å². The molecule has 2 unspecified atom stereocenters. The third kappa shape index (κ3) is 2.32. The number of aryl methyl sites for hydroxylation is 1. The van der Waals surface area contributed by atoms with E-state index in [1.807, 2.05) is 6.92 Å². The highest BCUT2D eigenvalue weighted by molar-refractivity contribution is 9.09. The minimum atomic E-state index is 0.316. The van der Waals surface area contributed by atoms with Gasteiger partial charge < -0.3 is 9.64 Å². The molecular weight excluding hydrogens is 278 g/mol. The topological polar surface area (TPSA) is 38.2 Å². The Bertz CT molecular complexity index is 333. The van der Waals surface area contributed by atoms with E-state index in [1.165, 1.54) is 11.5 Å². The van der Waals surface area contributed by atoms with Crippen molar-refractivity contribution < 1.29 is 4.74 Å². The molecule has 6 heteroatoms. The van der Waals surface area contributed by atoms with Crippen LogP contribution >= 0.6 is 27.5 Å². The van der Waals surface area contributed by atoms with Gasteiger partial charge in [-0.1, -0.05) is 15.9 Å². The summed E-state index contributed by atoms with van der Waals surface area (Å²) in [5.41, 5.74) is 0. The van der Waals surface area contributed by atoms with Gasteiger partial charge in [-0.05, 0) is 13.3 Å². The van der Waals surface area contributed by atoms with Crippen LogP contribution in [0, 0.1) is 6.92 Å². The smallest absolute Gasteiger partial charge is 0.205 e. The minimum Gasteiger partial charge on any atom is -0.380 e. The molecule has 2 heterocycles. The first-order valence-electron chi connectivity index (χ1n) is 4.90. The monoisotopic (exact) mass is 291 g/mol. The van der Waals surface area contributed by atoms with Crippen LogP contribution in [0.5, 0.6) is 0 Å². The van der Waals surface area contributed by atoms with Crippen molar-refractivity contribution in [3.05, 3.63) is 5.82 Å². The number of halogens is 1. The number of nitrogens with zero attached hydrogens (tertiary/aromatic N) is 3. The van der Waals surface area contributed by atoms with E-state index in [-0.39, 0.29) is 0 Å². The van der Waals surface area contributed by atoms with Crippen molar-refractivity contribution in [1.82, 2.24) is 9.36 Å². The van der Waals surface area contributed by atoms with Crippen LogP contribution in [0.1, 0.15) is 12.2 Å². The summed E-state index contributed by atoms with van der Waals surface area (Å²) in [5, 5.41) is 1.96. The van der Waals surface area contributed by atoms with Crippen LogP contribution in [0.4, 0.5) is 5.13 Å². The summed E-state index contributed by atoms with van der Waals surface area (Å²) in [7, 11) is 1.77.